The molecule has 1 rings (SSSR count). The molecule has 3 N–H and O–H groups in total. The number of rotatable bonds is 5. The molecule has 20 heavy (non-hydrogen) atoms. The first-order chi connectivity index (χ1) is 9.09. The third kappa shape index (κ3) is 6.77. The van der Waals surface area contributed by atoms with Crippen LogP contribution in [0.15, 0.2) is 24.3 Å². The molecule has 6 heteroatoms. The highest BCUT2D eigenvalue weighted by Gasteiger charge is 2.31. The van der Waals surface area contributed by atoms with Crippen molar-refractivity contribution in [1.29, 1.82) is 0 Å². The second-order valence-corrected chi connectivity index (χ2v) is 6.02. The van der Waals surface area contributed by atoms with E-state index in [9.17, 15) is 13.2 Å². The number of hydrogen-bond acceptors (Lipinski definition) is 3. The topological polar surface area (TPSA) is 47.3 Å². The van der Waals surface area contributed by atoms with E-state index in [0.717, 1.165) is 12.0 Å². The van der Waals surface area contributed by atoms with Gasteiger partial charge in [-0.15, -0.1) is 13.2 Å². The average molecular weight is 290 g/mol. The number of nitrogens with two attached hydrogens (primary N) is 1. The van der Waals surface area contributed by atoms with Crippen LogP contribution in [0.5, 0.6) is 5.75 Å². The normalized spacial score (nSPS) is 14.2. The Labute approximate surface area is 117 Å². The number of nitrogens with one attached hydrogen (secondary N) is 1. The number of hydrogen-bond donors (Lipinski definition) is 2. The SMILES string of the molecule is CC(C)(C)CC(Cc1ccc(OC(F)(F)F)cc1)NN. The van der Waals surface area contributed by atoms with Gasteiger partial charge in [-0.2, -0.15) is 0 Å². The van der Waals surface area contributed by atoms with E-state index in [1.54, 1.807) is 12.1 Å². The standard InChI is InChI=1S/C14H21F3N2O/c1-13(2,3)9-11(19-18)8-10-4-6-12(7-5-10)20-14(15,16)17/h4-7,11,19H,8-9,18H2,1-3H3. The van der Waals surface area contributed by atoms with E-state index in [1.165, 1.54) is 12.1 Å². The molecule has 1 aromatic carbocycles. The van der Waals surface area contributed by atoms with Crippen LogP contribution in [0.1, 0.15) is 32.8 Å². The van der Waals surface area contributed by atoms with Gasteiger partial charge in [-0.25, -0.2) is 0 Å². The number of ether oxygens (including phenoxy) is 1. The first-order valence-corrected chi connectivity index (χ1v) is 6.40. The maximum Gasteiger partial charge on any atom is 0.573 e. The van der Waals surface area contributed by atoms with Crippen LogP contribution in [0.2, 0.25) is 0 Å². The van der Waals surface area contributed by atoms with Crippen LogP contribution >= 0.6 is 0 Å². The van der Waals surface area contributed by atoms with Crippen LogP contribution in [0, 0.1) is 5.41 Å². The number of alkyl halides is 3. The minimum absolute atomic E-state index is 0.0735. The summed E-state index contributed by atoms with van der Waals surface area (Å²) in [5.74, 6) is 5.30. The summed E-state index contributed by atoms with van der Waals surface area (Å²) in [6.45, 7) is 6.33. The van der Waals surface area contributed by atoms with Crippen molar-refractivity contribution in [3.8, 4) is 5.75 Å². The van der Waals surface area contributed by atoms with Crippen molar-refractivity contribution >= 4 is 0 Å². The minimum Gasteiger partial charge on any atom is -0.406 e. The van der Waals surface area contributed by atoms with Gasteiger partial charge in [0, 0.05) is 6.04 Å². The van der Waals surface area contributed by atoms with E-state index in [4.69, 9.17) is 5.84 Å². The van der Waals surface area contributed by atoms with Crippen LogP contribution in [-0.4, -0.2) is 12.4 Å². The molecule has 0 bridgehead atoms. The Balaban J connectivity index is 2.64. The van der Waals surface area contributed by atoms with Gasteiger partial charge in [0.1, 0.15) is 5.75 Å². The molecule has 1 atom stereocenters. The second-order valence-electron chi connectivity index (χ2n) is 6.02. The maximum absolute atomic E-state index is 12.0. The van der Waals surface area contributed by atoms with Crippen molar-refractivity contribution < 1.29 is 17.9 Å². The first-order valence-electron chi connectivity index (χ1n) is 6.40. The smallest absolute Gasteiger partial charge is 0.406 e. The van der Waals surface area contributed by atoms with Crippen molar-refractivity contribution in [2.75, 3.05) is 0 Å². The Bertz CT molecular complexity index is 410. The van der Waals surface area contributed by atoms with Gasteiger partial charge in [-0.1, -0.05) is 32.9 Å². The highest BCUT2D eigenvalue weighted by Crippen LogP contribution is 2.25. The van der Waals surface area contributed by atoms with E-state index in [0.29, 0.717) is 6.42 Å². The molecule has 0 aliphatic heterocycles. The van der Waals surface area contributed by atoms with Crippen molar-refractivity contribution in [2.45, 2.75) is 46.0 Å². The van der Waals surface area contributed by atoms with Crippen LogP contribution in [0.4, 0.5) is 13.2 Å². The lowest BCUT2D eigenvalue weighted by Gasteiger charge is -2.25. The summed E-state index contributed by atoms with van der Waals surface area (Å²) in [7, 11) is 0. The molecule has 1 aromatic rings. The molecule has 1 unspecified atom stereocenters. The van der Waals surface area contributed by atoms with E-state index < -0.39 is 6.36 Å². The Morgan fingerprint density at radius 3 is 2.10 bits per heavy atom. The quantitative estimate of drug-likeness (QED) is 0.645. The molecule has 3 nitrogen and oxygen atoms in total. The molecule has 0 saturated heterocycles. The predicted octanol–water partition coefficient (Wildman–Crippen LogP) is 3.40. The van der Waals surface area contributed by atoms with E-state index in [1.807, 2.05) is 0 Å². The number of halogens is 3. The molecular formula is C14H21F3N2O. The summed E-state index contributed by atoms with van der Waals surface area (Å²) in [4.78, 5) is 0. The summed E-state index contributed by atoms with van der Waals surface area (Å²) in [5, 5.41) is 0. The molecule has 0 aliphatic carbocycles. The zero-order valence-corrected chi connectivity index (χ0v) is 11.9. The molecular weight excluding hydrogens is 269 g/mol. The zero-order valence-electron chi connectivity index (χ0n) is 11.9. The molecule has 0 fully saturated rings. The van der Waals surface area contributed by atoms with E-state index in [2.05, 4.69) is 30.9 Å². The minimum atomic E-state index is -4.66. The third-order valence-electron chi connectivity index (χ3n) is 2.73. The van der Waals surface area contributed by atoms with Crippen molar-refractivity contribution in [2.24, 2.45) is 11.3 Å². The summed E-state index contributed by atoms with van der Waals surface area (Å²) in [6.07, 6.45) is -3.14. The summed E-state index contributed by atoms with van der Waals surface area (Å²) in [5.41, 5.74) is 3.78. The molecule has 0 amide bonds. The second kappa shape index (κ2) is 6.45. The van der Waals surface area contributed by atoms with Gasteiger partial charge >= 0.3 is 6.36 Å². The Kier molecular flexibility index (Phi) is 5.42. The molecule has 0 radical (unpaired) electrons. The Morgan fingerprint density at radius 2 is 1.70 bits per heavy atom. The maximum atomic E-state index is 12.0. The fraction of sp³-hybridized carbons (Fsp3) is 0.571. The Morgan fingerprint density at radius 1 is 1.15 bits per heavy atom. The number of benzene rings is 1. The largest absolute Gasteiger partial charge is 0.573 e. The van der Waals surface area contributed by atoms with Gasteiger partial charge in [-0.3, -0.25) is 11.3 Å². The van der Waals surface area contributed by atoms with Gasteiger partial charge in [0.05, 0.1) is 0 Å². The lowest BCUT2D eigenvalue weighted by Crippen LogP contribution is -2.39. The lowest BCUT2D eigenvalue weighted by atomic mass is 9.86. The summed E-state index contributed by atoms with van der Waals surface area (Å²) in [6, 6.07) is 5.94. The van der Waals surface area contributed by atoms with Gasteiger partial charge in [0.25, 0.3) is 0 Å². The third-order valence-corrected chi connectivity index (χ3v) is 2.73. The fourth-order valence-electron chi connectivity index (χ4n) is 2.04. The van der Waals surface area contributed by atoms with Gasteiger partial charge in [-0.05, 0) is 36.0 Å². The molecule has 0 aromatic heterocycles. The van der Waals surface area contributed by atoms with Crippen molar-refractivity contribution in [1.82, 2.24) is 5.43 Å². The highest BCUT2D eigenvalue weighted by atomic mass is 19.4. The van der Waals surface area contributed by atoms with Gasteiger partial charge < -0.3 is 4.74 Å². The molecule has 0 saturated carbocycles. The lowest BCUT2D eigenvalue weighted by molar-refractivity contribution is -0.274. The highest BCUT2D eigenvalue weighted by molar-refractivity contribution is 5.28. The first kappa shape index (κ1) is 16.8. The molecule has 114 valence electrons. The van der Waals surface area contributed by atoms with Gasteiger partial charge in [0.2, 0.25) is 0 Å². The monoisotopic (exact) mass is 290 g/mol. The van der Waals surface area contributed by atoms with E-state index >= 15 is 0 Å². The Hall–Kier alpha value is -1.27. The summed E-state index contributed by atoms with van der Waals surface area (Å²) >= 11 is 0. The van der Waals surface area contributed by atoms with Crippen molar-refractivity contribution in [3.63, 3.8) is 0 Å². The molecule has 0 aliphatic rings. The average Bonchev–Trinajstić information content (AvgIpc) is 2.27. The van der Waals surface area contributed by atoms with E-state index in [-0.39, 0.29) is 17.2 Å². The summed E-state index contributed by atoms with van der Waals surface area (Å²) < 4.78 is 40.0. The molecule has 0 heterocycles. The predicted molar refractivity (Wildman–Crippen MR) is 72.0 cm³/mol. The molecule has 0 spiro atoms. The van der Waals surface area contributed by atoms with Crippen LogP contribution < -0.4 is 16.0 Å². The van der Waals surface area contributed by atoms with Gasteiger partial charge in [0.15, 0.2) is 0 Å². The fourth-order valence-corrected chi connectivity index (χ4v) is 2.04. The van der Waals surface area contributed by atoms with Crippen LogP contribution in [-0.2, 0) is 6.42 Å². The zero-order chi connectivity index (χ0) is 15.4. The van der Waals surface area contributed by atoms with Crippen LogP contribution in [0.3, 0.4) is 0 Å². The van der Waals surface area contributed by atoms with Crippen molar-refractivity contribution in [3.05, 3.63) is 29.8 Å². The number of hydrazine groups is 1. The van der Waals surface area contributed by atoms with Crippen LogP contribution in [0.25, 0.3) is 0 Å².